The molecule has 0 fully saturated rings. The SMILES string of the molecule is CC(NCc1cc(F)ccc1Br)c1ccc(F)cc1. The van der Waals surface area contributed by atoms with Crippen LogP contribution in [0.3, 0.4) is 0 Å². The van der Waals surface area contributed by atoms with Gasteiger partial charge in [-0.15, -0.1) is 0 Å². The third-order valence-corrected chi connectivity index (χ3v) is 3.75. The van der Waals surface area contributed by atoms with Crippen molar-refractivity contribution in [2.24, 2.45) is 0 Å². The minimum absolute atomic E-state index is 0.0655. The van der Waals surface area contributed by atoms with Crippen LogP contribution in [0.5, 0.6) is 0 Å². The molecule has 1 unspecified atom stereocenters. The van der Waals surface area contributed by atoms with Crippen molar-refractivity contribution < 1.29 is 8.78 Å². The summed E-state index contributed by atoms with van der Waals surface area (Å²) in [6, 6.07) is 11.0. The molecular weight excluding hydrogens is 312 g/mol. The zero-order valence-corrected chi connectivity index (χ0v) is 12.0. The summed E-state index contributed by atoms with van der Waals surface area (Å²) in [4.78, 5) is 0. The maximum absolute atomic E-state index is 13.1. The molecule has 1 N–H and O–H groups in total. The first-order chi connectivity index (χ1) is 9.06. The summed E-state index contributed by atoms with van der Waals surface area (Å²) in [6.45, 7) is 2.53. The van der Waals surface area contributed by atoms with Gasteiger partial charge in [-0.1, -0.05) is 28.1 Å². The molecule has 19 heavy (non-hydrogen) atoms. The summed E-state index contributed by atoms with van der Waals surface area (Å²) in [5, 5.41) is 3.28. The zero-order chi connectivity index (χ0) is 13.8. The summed E-state index contributed by atoms with van der Waals surface area (Å²) in [6.07, 6.45) is 0. The molecule has 2 aromatic carbocycles. The first-order valence-electron chi connectivity index (χ1n) is 5.99. The molecule has 1 atom stereocenters. The first kappa shape index (κ1) is 14.2. The number of hydrogen-bond acceptors (Lipinski definition) is 1. The molecule has 4 heteroatoms. The molecule has 0 aliphatic carbocycles. The Bertz CT molecular complexity index is 555. The molecule has 1 nitrogen and oxygen atoms in total. The maximum atomic E-state index is 13.1. The van der Waals surface area contributed by atoms with E-state index in [0.29, 0.717) is 6.54 Å². The second kappa shape index (κ2) is 6.26. The largest absolute Gasteiger partial charge is 0.306 e. The second-order valence-corrected chi connectivity index (χ2v) is 5.24. The van der Waals surface area contributed by atoms with Gasteiger partial charge >= 0.3 is 0 Å². The molecule has 0 saturated carbocycles. The zero-order valence-electron chi connectivity index (χ0n) is 10.5. The molecule has 0 aliphatic rings. The van der Waals surface area contributed by atoms with Crippen molar-refractivity contribution in [2.45, 2.75) is 19.5 Å². The van der Waals surface area contributed by atoms with Gasteiger partial charge in [0.05, 0.1) is 0 Å². The van der Waals surface area contributed by atoms with Gasteiger partial charge in [0, 0.05) is 17.1 Å². The normalized spacial score (nSPS) is 12.4. The van der Waals surface area contributed by atoms with Crippen molar-refractivity contribution in [1.29, 1.82) is 0 Å². The molecule has 0 aromatic heterocycles. The fraction of sp³-hybridized carbons (Fsp3) is 0.200. The highest BCUT2D eigenvalue weighted by Gasteiger charge is 2.07. The van der Waals surface area contributed by atoms with Gasteiger partial charge in [-0.2, -0.15) is 0 Å². The van der Waals surface area contributed by atoms with Crippen LogP contribution >= 0.6 is 15.9 Å². The van der Waals surface area contributed by atoms with Crippen LogP contribution in [0.4, 0.5) is 8.78 Å². The Morgan fingerprint density at radius 2 is 1.68 bits per heavy atom. The van der Waals surface area contributed by atoms with Gasteiger partial charge in [0.15, 0.2) is 0 Å². The molecule has 2 aromatic rings. The van der Waals surface area contributed by atoms with E-state index in [-0.39, 0.29) is 17.7 Å². The maximum Gasteiger partial charge on any atom is 0.123 e. The van der Waals surface area contributed by atoms with Crippen LogP contribution in [-0.4, -0.2) is 0 Å². The van der Waals surface area contributed by atoms with E-state index in [9.17, 15) is 8.78 Å². The predicted molar refractivity (Wildman–Crippen MR) is 75.8 cm³/mol. The second-order valence-electron chi connectivity index (χ2n) is 4.39. The highest BCUT2D eigenvalue weighted by molar-refractivity contribution is 9.10. The van der Waals surface area contributed by atoms with Crippen LogP contribution in [0, 0.1) is 11.6 Å². The molecule has 0 spiro atoms. The average Bonchev–Trinajstić information content (AvgIpc) is 2.40. The van der Waals surface area contributed by atoms with E-state index in [1.807, 2.05) is 6.92 Å². The third kappa shape index (κ3) is 3.85. The van der Waals surface area contributed by atoms with E-state index in [2.05, 4.69) is 21.2 Å². The first-order valence-corrected chi connectivity index (χ1v) is 6.78. The van der Waals surface area contributed by atoms with Crippen LogP contribution in [0.2, 0.25) is 0 Å². The Labute approximate surface area is 119 Å². The van der Waals surface area contributed by atoms with Crippen molar-refractivity contribution in [3.8, 4) is 0 Å². The highest BCUT2D eigenvalue weighted by Crippen LogP contribution is 2.19. The Kier molecular flexibility index (Phi) is 4.66. The minimum Gasteiger partial charge on any atom is -0.306 e. The topological polar surface area (TPSA) is 12.0 Å². The van der Waals surface area contributed by atoms with Crippen molar-refractivity contribution in [2.75, 3.05) is 0 Å². The van der Waals surface area contributed by atoms with Crippen LogP contribution in [0.25, 0.3) is 0 Å². The van der Waals surface area contributed by atoms with Crippen LogP contribution in [0.1, 0.15) is 24.1 Å². The van der Waals surface area contributed by atoms with Gasteiger partial charge < -0.3 is 5.32 Å². The Balaban J connectivity index is 2.02. The van der Waals surface area contributed by atoms with Crippen molar-refractivity contribution in [3.63, 3.8) is 0 Å². The average molecular weight is 326 g/mol. The molecule has 0 saturated heterocycles. The standard InChI is InChI=1S/C15H14BrF2N/c1-10(11-2-4-13(17)5-3-11)19-9-12-8-14(18)6-7-15(12)16/h2-8,10,19H,9H2,1H3. The van der Waals surface area contributed by atoms with Crippen LogP contribution in [-0.2, 0) is 6.54 Å². The van der Waals surface area contributed by atoms with E-state index < -0.39 is 0 Å². The Morgan fingerprint density at radius 3 is 2.37 bits per heavy atom. The summed E-state index contributed by atoms with van der Waals surface area (Å²) in [7, 11) is 0. The van der Waals surface area contributed by atoms with E-state index in [1.54, 1.807) is 18.2 Å². The lowest BCUT2D eigenvalue weighted by Crippen LogP contribution is -2.18. The van der Waals surface area contributed by atoms with Gasteiger partial charge in [0.25, 0.3) is 0 Å². The van der Waals surface area contributed by atoms with Crippen molar-refractivity contribution >= 4 is 15.9 Å². The molecule has 0 amide bonds. The molecular formula is C15H14BrF2N. The van der Waals surface area contributed by atoms with Crippen LogP contribution < -0.4 is 5.32 Å². The van der Waals surface area contributed by atoms with Gasteiger partial charge in [-0.05, 0) is 48.4 Å². The monoisotopic (exact) mass is 325 g/mol. The molecule has 100 valence electrons. The lowest BCUT2D eigenvalue weighted by molar-refractivity contribution is 0.565. The number of benzene rings is 2. The quantitative estimate of drug-likeness (QED) is 0.867. The Morgan fingerprint density at radius 1 is 1.05 bits per heavy atom. The summed E-state index contributed by atoms with van der Waals surface area (Å²) < 4.78 is 26.8. The van der Waals surface area contributed by atoms with E-state index in [1.165, 1.54) is 24.3 Å². The van der Waals surface area contributed by atoms with Gasteiger partial charge in [-0.3, -0.25) is 0 Å². The Hall–Kier alpha value is -1.26. The summed E-state index contributed by atoms with van der Waals surface area (Å²) in [5.74, 6) is -0.502. The number of rotatable bonds is 4. The predicted octanol–water partition coefficient (Wildman–Crippen LogP) is 4.58. The van der Waals surface area contributed by atoms with E-state index >= 15 is 0 Å². The fourth-order valence-corrected chi connectivity index (χ4v) is 2.20. The van der Waals surface area contributed by atoms with E-state index in [0.717, 1.165) is 15.6 Å². The van der Waals surface area contributed by atoms with Crippen molar-refractivity contribution in [3.05, 3.63) is 69.7 Å². The highest BCUT2D eigenvalue weighted by atomic mass is 79.9. The molecule has 0 bridgehead atoms. The van der Waals surface area contributed by atoms with Crippen molar-refractivity contribution in [1.82, 2.24) is 5.32 Å². The summed E-state index contributed by atoms with van der Waals surface area (Å²) in [5.41, 5.74) is 1.85. The lowest BCUT2D eigenvalue weighted by Gasteiger charge is -2.15. The van der Waals surface area contributed by atoms with Gasteiger partial charge in [-0.25, -0.2) is 8.78 Å². The molecule has 0 radical (unpaired) electrons. The fourth-order valence-electron chi connectivity index (χ4n) is 1.81. The van der Waals surface area contributed by atoms with E-state index in [4.69, 9.17) is 0 Å². The third-order valence-electron chi connectivity index (χ3n) is 2.98. The van der Waals surface area contributed by atoms with Gasteiger partial charge in [0.1, 0.15) is 11.6 Å². The molecule has 0 heterocycles. The smallest absolute Gasteiger partial charge is 0.123 e. The number of nitrogens with one attached hydrogen (secondary N) is 1. The summed E-state index contributed by atoms with van der Waals surface area (Å²) >= 11 is 3.39. The van der Waals surface area contributed by atoms with Crippen LogP contribution in [0.15, 0.2) is 46.9 Å². The lowest BCUT2D eigenvalue weighted by atomic mass is 10.1. The number of hydrogen-bond donors (Lipinski definition) is 1. The number of halogens is 3. The molecule has 0 aliphatic heterocycles. The molecule has 2 rings (SSSR count). The minimum atomic E-state index is -0.255. The van der Waals surface area contributed by atoms with Gasteiger partial charge in [0.2, 0.25) is 0 Å².